The van der Waals surface area contributed by atoms with Crippen molar-refractivity contribution in [2.75, 3.05) is 52.6 Å². The zero-order chi connectivity index (χ0) is 17.5. The summed E-state index contributed by atoms with van der Waals surface area (Å²) in [6, 6.07) is 3.65. The van der Waals surface area contributed by atoms with Crippen molar-refractivity contribution >= 4 is 5.91 Å². The topological polar surface area (TPSA) is 54.9 Å². The number of aromatic nitrogens is 1. The maximum absolute atomic E-state index is 13.4. The van der Waals surface area contributed by atoms with Crippen LogP contribution in [-0.4, -0.2) is 73.3 Å². The standard InChI is InChI=1S/C19H29N3O3/c1-2-21(15-16-5-10-24-11-6-16)19(23)18(17-4-3-7-20-14-17)22-8-12-25-13-9-22/h3-4,7,14,16,18H,2,5-6,8-13,15H2,1H3. The number of likely N-dealkylation sites (N-methyl/N-ethyl adjacent to an activating group) is 1. The zero-order valence-electron chi connectivity index (χ0n) is 15.1. The Morgan fingerprint density at radius 2 is 2.00 bits per heavy atom. The van der Waals surface area contributed by atoms with Crippen LogP contribution in [0.4, 0.5) is 0 Å². The van der Waals surface area contributed by atoms with Gasteiger partial charge in [0, 0.05) is 51.8 Å². The number of rotatable bonds is 6. The first kappa shape index (κ1) is 18.3. The van der Waals surface area contributed by atoms with E-state index in [1.807, 2.05) is 23.2 Å². The molecule has 0 spiro atoms. The molecule has 0 radical (unpaired) electrons. The van der Waals surface area contributed by atoms with E-state index in [-0.39, 0.29) is 11.9 Å². The van der Waals surface area contributed by atoms with E-state index in [0.717, 1.165) is 57.8 Å². The molecule has 6 nitrogen and oxygen atoms in total. The number of carbonyl (C=O) groups excluding carboxylic acids is 1. The van der Waals surface area contributed by atoms with Crippen LogP contribution in [0.5, 0.6) is 0 Å². The van der Waals surface area contributed by atoms with Gasteiger partial charge in [-0.05, 0) is 37.3 Å². The second-order valence-corrected chi connectivity index (χ2v) is 6.77. The summed E-state index contributed by atoms with van der Waals surface area (Å²) in [5, 5.41) is 0. The summed E-state index contributed by atoms with van der Waals surface area (Å²) < 4.78 is 10.9. The smallest absolute Gasteiger partial charge is 0.244 e. The second kappa shape index (κ2) is 9.27. The number of ether oxygens (including phenoxy) is 2. The quantitative estimate of drug-likeness (QED) is 0.784. The molecule has 2 saturated heterocycles. The Balaban J connectivity index is 1.76. The van der Waals surface area contributed by atoms with Crippen LogP contribution >= 0.6 is 0 Å². The van der Waals surface area contributed by atoms with Gasteiger partial charge in [-0.15, -0.1) is 0 Å². The largest absolute Gasteiger partial charge is 0.381 e. The Kier molecular flexibility index (Phi) is 6.78. The summed E-state index contributed by atoms with van der Waals surface area (Å²) in [6.45, 7) is 8.15. The van der Waals surface area contributed by atoms with Crippen molar-refractivity contribution in [1.29, 1.82) is 0 Å². The third-order valence-electron chi connectivity index (χ3n) is 5.16. The predicted octanol–water partition coefficient (Wildman–Crippen LogP) is 1.73. The van der Waals surface area contributed by atoms with Crippen LogP contribution in [0.1, 0.15) is 31.4 Å². The lowest BCUT2D eigenvalue weighted by Gasteiger charge is -2.37. The van der Waals surface area contributed by atoms with Crippen LogP contribution in [0.3, 0.4) is 0 Å². The van der Waals surface area contributed by atoms with Gasteiger partial charge in [0.25, 0.3) is 0 Å². The van der Waals surface area contributed by atoms with Crippen LogP contribution in [0, 0.1) is 5.92 Å². The van der Waals surface area contributed by atoms with Crippen LogP contribution in [0.15, 0.2) is 24.5 Å². The Morgan fingerprint density at radius 1 is 1.28 bits per heavy atom. The number of pyridine rings is 1. The molecule has 3 rings (SSSR count). The monoisotopic (exact) mass is 347 g/mol. The molecule has 138 valence electrons. The summed E-state index contributed by atoms with van der Waals surface area (Å²) in [6.07, 6.45) is 5.65. The minimum Gasteiger partial charge on any atom is -0.381 e. The van der Waals surface area contributed by atoms with Gasteiger partial charge in [0.05, 0.1) is 13.2 Å². The lowest BCUT2D eigenvalue weighted by atomic mass is 9.98. The van der Waals surface area contributed by atoms with Crippen LogP contribution in [-0.2, 0) is 14.3 Å². The molecule has 0 saturated carbocycles. The normalized spacial score (nSPS) is 21.0. The van der Waals surface area contributed by atoms with E-state index < -0.39 is 0 Å². The first-order valence-electron chi connectivity index (χ1n) is 9.38. The summed E-state index contributed by atoms with van der Waals surface area (Å²) >= 11 is 0. The first-order valence-corrected chi connectivity index (χ1v) is 9.38. The molecule has 6 heteroatoms. The van der Waals surface area contributed by atoms with Crippen molar-refractivity contribution in [1.82, 2.24) is 14.8 Å². The van der Waals surface area contributed by atoms with Gasteiger partial charge in [-0.25, -0.2) is 0 Å². The molecule has 0 aliphatic carbocycles. The second-order valence-electron chi connectivity index (χ2n) is 6.77. The number of nitrogens with zero attached hydrogens (tertiary/aromatic N) is 3. The minimum absolute atomic E-state index is 0.184. The molecule has 2 aliphatic rings. The third-order valence-corrected chi connectivity index (χ3v) is 5.16. The van der Waals surface area contributed by atoms with Crippen molar-refractivity contribution < 1.29 is 14.3 Å². The lowest BCUT2D eigenvalue weighted by molar-refractivity contribution is -0.140. The predicted molar refractivity (Wildman–Crippen MR) is 95.2 cm³/mol. The van der Waals surface area contributed by atoms with Gasteiger partial charge in [0.1, 0.15) is 6.04 Å². The lowest BCUT2D eigenvalue weighted by Crippen LogP contribution is -2.48. The highest BCUT2D eigenvalue weighted by Gasteiger charge is 2.33. The molecule has 1 atom stereocenters. The molecule has 0 aromatic carbocycles. The van der Waals surface area contributed by atoms with Crippen molar-refractivity contribution in [2.24, 2.45) is 5.92 Å². The summed E-state index contributed by atoms with van der Waals surface area (Å²) in [7, 11) is 0. The molecular weight excluding hydrogens is 318 g/mol. The Bertz CT molecular complexity index is 528. The molecule has 3 heterocycles. The molecule has 2 aliphatic heterocycles. The number of hydrogen-bond acceptors (Lipinski definition) is 5. The minimum atomic E-state index is -0.266. The fourth-order valence-corrected chi connectivity index (χ4v) is 3.67. The summed E-state index contributed by atoms with van der Waals surface area (Å²) in [4.78, 5) is 21.9. The Morgan fingerprint density at radius 3 is 2.64 bits per heavy atom. The zero-order valence-corrected chi connectivity index (χ0v) is 15.1. The molecule has 1 unspecified atom stereocenters. The molecule has 1 amide bonds. The fraction of sp³-hybridized carbons (Fsp3) is 0.684. The summed E-state index contributed by atoms with van der Waals surface area (Å²) in [5.74, 6) is 0.723. The van der Waals surface area contributed by atoms with E-state index in [1.165, 1.54) is 0 Å². The maximum atomic E-state index is 13.4. The molecule has 2 fully saturated rings. The SMILES string of the molecule is CCN(CC1CCOCC1)C(=O)C(c1cccnc1)N1CCOCC1. The van der Waals surface area contributed by atoms with Crippen molar-refractivity contribution in [3.8, 4) is 0 Å². The Labute approximate surface area is 150 Å². The first-order chi connectivity index (χ1) is 12.3. The van der Waals surface area contributed by atoms with Gasteiger partial charge in [-0.1, -0.05) is 6.07 Å². The molecular formula is C19H29N3O3. The number of amides is 1. The van der Waals surface area contributed by atoms with Crippen molar-refractivity contribution in [2.45, 2.75) is 25.8 Å². The molecule has 1 aromatic rings. The Hall–Kier alpha value is -1.50. The number of hydrogen-bond donors (Lipinski definition) is 0. The van der Waals surface area contributed by atoms with E-state index >= 15 is 0 Å². The molecule has 0 N–H and O–H groups in total. The van der Waals surface area contributed by atoms with E-state index in [2.05, 4.69) is 16.8 Å². The van der Waals surface area contributed by atoms with E-state index in [4.69, 9.17) is 9.47 Å². The van der Waals surface area contributed by atoms with Crippen LogP contribution < -0.4 is 0 Å². The average molecular weight is 347 g/mol. The van der Waals surface area contributed by atoms with Gasteiger partial charge < -0.3 is 14.4 Å². The van der Waals surface area contributed by atoms with Crippen molar-refractivity contribution in [3.05, 3.63) is 30.1 Å². The fourth-order valence-electron chi connectivity index (χ4n) is 3.67. The summed E-state index contributed by atoms with van der Waals surface area (Å²) in [5.41, 5.74) is 0.972. The van der Waals surface area contributed by atoms with Gasteiger partial charge in [-0.2, -0.15) is 0 Å². The van der Waals surface area contributed by atoms with Gasteiger partial charge in [-0.3, -0.25) is 14.7 Å². The third kappa shape index (κ3) is 4.77. The molecule has 25 heavy (non-hydrogen) atoms. The van der Waals surface area contributed by atoms with Crippen LogP contribution in [0.2, 0.25) is 0 Å². The molecule has 0 bridgehead atoms. The van der Waals surface area contributed by atoms with Crippen LogP contribution in [0.25, 0.3) is 0 Å². The number of carbonyl (C=O) groups is 1. The average Bonchev–Trinajstić information content (AvgIpc) is 2.69. The highest BCUT2D eigenvalue weighted by molar-refractivity contribution is 5.83. The molecule has 1 aromatic heterocycles. The highest BCUT2D eigenvalue weighted by Crippen LogP contribution is 2.25. The van der Waals surface area contributed by atoms with Gasteiger partial charge in [0.2, 0.25) is 5.91 Å². The maximum Gasteiger partial charge on any atom is 0.244 e. The van der Waals surface area contributed by atoms with E-state index in [1.54, 1.807) is 6.20 Å². The van der Waals surface area contributed by atoms with Gasteiger partial charge in [0.15, 0.2) is 0 Å². The number of morpholine rings is 1. The van der Waals surface area contributed by atoms with Crippen molar-refractivity contribution in [3.63, 3.8) is 0 Å². The highest BCUT2D eigenvalue weighted by atomic mass is 16.5. The van der Waals surface area contributed by atoms with E-state index in [9.17, 15) is 4.79 Å². The van der Waals surface area contributed by atoms with E-state index in [0.29, 0.717) is 19.1 Å². The van der Waals surface area contributed by atoms with Gasteiger partial charge >= 0.3 is 0 Å².